The van der Waals surface area contributed by atoms with Crippen LogP contribution in [0.1, 0.15) is 36.6 Å². The van der Waals surface area contributed by atoms with Crippen molar-refractivity contribution in [2.24, 2.45) is 5.73 Å². The Morgan fingerprint density at radius 1 is 1.10 bits per heavy atom. The maximum Gasteiger partial charge on any atom is 0.165 e. The molecule has 0 spiro atoms. The highest BCUT2D eigenvalue weighted by Crippen LogP contribution is 2.22. The number of hydrogen-bond donors (Lipinski definition) is 1. The molecule has 0 aliphatic heterocycles. The van der Waals surface area contributed by atoms with Gasteiger partial charge < -0.3 is 10.5 Å². The quantitative estimate of drug-likeness (QED) is 0.894. The molecule has 2 N–H and O–H groups in total. The molecule has 0 saturated carbocycles. The Morgan fingerprint density at radius 3 is 2.30 bits per heavy atom. The van der Waals surface area contributed by atoms with Crippen LogP contribution in [-0.2, 0) is 13.0 Å². The smallest absolute Gasteiger partial charge is 0.165 e. The van der Waals surface area contributed by atoms with Crippen molar-refractivity contribution in [3.05, 3.63) is 65.0 Å². The number of nitrogens with two attached hydrogens (primary N) is 1. The van der Waals surface area contributed by atoms with Crippen molar-refractivity contribution in [2.75, 3.05) is 0 Å². The summed E-state index contributed by atoms with van der Waals surface area (Å²) in [7, 11) is 0. The summed E-state index contributed by atoms with van der Waals surface area (Å²) in [5.74, 6) is -0.112. The molecular formula is C17H20FNO. The lowest BCUT2D eigenvalue weighted by Crippen LogP contribution is -2.06. The van der Waals surface area contributed by atoms with Gasteiger partial charge in [0.15, 0.2) is 11.6 Å². The van der Waals surface area contributed by atoms with Crippen molar-refractivity contribution in [1.82, 2.24) is 0 Å². The van der Waals surface area contributed by atoms with E-state index in [4.69, 9.17) is 10.5 Å². The lowest BCUT2D eigenvalue weighted by atomic mass is 10.1. The second kappa shape index (κ2) is 6.53. The third-order valence-electron chi connectivity index (χ3n) is 3.31. The number of halogens is 1. The van der Waals surface area contributed by atoms with Gasteiger partial charge in [-0.25, -0.2) is 4.39 Å². The first-order valence-electron chi connectivity index (χ1n) is 6.85. The zero-order valence-electron chi connectivity index (χ0n) is 11.9. The van der Waals surface area contributed by atoms with Crippen LogP contribution in [0, 0.1) is 5.82 Å². The fraction of sp³-hybridized carbons (Fsp3) is 0.294. The number of aryl methyl sites for hydroxylation is 1. The van der Waals surface area contributed by atoms with Gasteiger partial charge in [0.25, 0.3) is 0 Å². The summed E-state index contributed by atoms with van der Waals surface area (Å²) >= 11 is 0. The van der Waals surface area contributed by atoms with Gasteiger partial charge in [-0.05, 0) is 42.2 Å². The SMILES string of the molecule is CCc1ccc(COc2ccc([C@@H](C)N)cc2F)cc1. The molecule has 0 bridgehead atoms. The maximum absolute atomic E-state index is 13.9. The first kappa shape index (κ1) is 14.5. The first-order valence-corrected chi connectivity index (χ1v) is 6.85. The molecule has 2 nitrogen and oxygen atoms in total. The van der Waals surface area contributed by atoms with Crippen molar-refractivity contribution >= 4 is 0 Å². The van der Waals surface area contributed by atoms with E-state index < -0.39 is 0 Å². The predicted octanol–water partition coefficient (Wildman–Crippen LogP) is 3.99. The topological polar surface area (TPSA) is 35.2 Å². The Kier molecular flexibility index (Phi) is 4.74. The van der Waals surface area contributed by atoms with Crippen LogP contribution in [0.4, 0.5) is 4.39 Å². The highest BCUT2D eigenvalue weighted by molar-refractivity contribution is 5.31. The lowest BCUT2D eigenvalue weighted by Gasteiger charge is -2.10. The van der Waals surface area contributed by atoms with Crippen LogP contribution in [0.2, 0.25) is 0 Å². The van der Waals surface area contributed by atoms with Crippen LogP contribution < -0.4 is 10.5 Å². The summed E-state index contributed by atoms with van der Waals surface area (Å²) in [5, 5.41) is 0. The molecule has 2 rings (SSSR count). The molecule has 106 valence electrons. The number of rotatable bonds is 5. The van der Waals surface area contributed by atoms with Gasteiger partial charge in [-0.1, -0.05) is 37.3 Å². The summed E-state index contributed by atoms with van der Waals surface area (Å²) in [6.45, 7) is 4.30. The van der Waals surface area contributed by atoms with Crippen LogP contribution in [-0.4, -0.2) is 0 Å². The van der Waals surface area contributed by atoms with E-state index in [2.05, 4.69) is 19.1 Å². The minimum Gasteiger partial charge on any atom is -0.486 e. The highest BCUT2D eigenvalue weighted by Gasteiger charge is 2.07. The van der Waals surface area contributed by atoms with Gasteiger partial charge in [-0.3, -0.25) is 0 Å². The zero-order chi connectivity index (χ0) is 14.5. The molecule has 0 heterocycles. The normalized spacial score (nSPS) is 12.2. The molecule has 0 amide bonds. The summed E-state index contributed by atoms with van der Waals surface area (Å²) in [6, 6.07) is 12.8. The minimum absolute atomic E-state index is 0.180. The van der Waals surface area contributed by atoms with Crippen LogP contribution in [0.3, 0.4) is 0 Å². The molecule has 1 atom stereocenters. The molecule has 2 aromatic rings. The molecule has 0 aliphatic carbocycles. The van der Waals surface area contributed by atoms with E-state index in [1.165, 1.54) is 11.6 Å². The second-order valence-electron chi connectivity index (χ2n) is 4.94. The van der Waals surface area contributed by atoms with E-state index in [-0.39, 0.29) is 17.6 Å². The second-order valence-corrected chi connectivity index (χ2v) is 4.94. The van der Waals surface area contributed by atoms with Gasteiger partial charge in [0.05, 0.1) is 0 Å². The molecule has 0 aromatic heterocycles. The summed E-state index contributed by atoms with van der Waals surface area (Å²) < 4.78 is 19.4. The zero-order valence-corrected chi connectivity index (χ0v) is 11.9. The molecule has 20 heavy (non-hydrogen) atoms. The Hall–Kier alpha value is -1.87. The van der Waals surface area contributed by atoms with E-state index in [0.717, 1.165) is 17.5 Å². The number of benzene rings is 2. The van der Waals surface area contributed by atoms with Gasteiger partial charge in [-0.15, -0.1) is 0 Å². The molecule has 0 saturated heterocycles. The maximum atomic E-state index is 13.9. The third kappa shape index (κ3) is 3.58. The molecule has 2 aromatic carbocycles. The van der Waals surface area contributed by atoms with E-state index in [1.54, 1.807) is 12.1 Å². The third-order valence-corrected chi connectivity index (χ3v) is 3.31. The Morgan fingerprint density at radius 2 is 1.75 bits per heavy atom. The first-order chi connectivity index (χ1) is 9.60. The van der Waals surface area contributed by atoms with E-state index in [0.29, 0.717) is 6.61 Å². The van der Waals surface area contributed by atoms with Crippen LogP contribution in [0.15, 0.2) is 42.5 Å². The highest BCUT2D eigenvalue weighted by atomic mass is 19.1. The van der Waals surface area contributed by atoms with Crippen LogP contribution >= 0.6 is 0 Å². The molecule has 0 unspecified atom stereocenters. The molecular weight excluding hydrogens is 253 g/mol. The summed E-state index contributed by atoms with van der Waals surface area (Å²) in [5.41, 5.74) is 8.79. The minimum atomic E-state index is -0.370. The fourth-order valence-electron chi connectivity index (χ4n) is 1.95. The number of hydrogen-bond acceptors (Lipinski definition) is 2. The number of ether oxygens (including phenoxy) is 1. The average molecular weight is 273 g/mol. The Bertz CT molecular complexity index is 564. The van der Waals surface area contributed by atoms with E-state index in [1.807, 2.05) is 19.1 Å². The molecule has 0 radical (unpaired) electrons. The lowest BCUT2D eigenvalue weighted by molar-refractivity contribution is 0.290. The van der Waals surface area contributed by atoms with Gasteiger partial charge in [0, 0.05) is 6.04 Å². The van der Waals surface area contributed by atoms with E-state index >= 15 is 0 Å². The summed E-state index contributed by atoms with van der Waals surface area (Å²) in [4.78, 5) is 0. The predicted molar refractivity (Wildman–Crippen MR) is 79.2 cm³/mol. The summed E-state index contributed by atoms with van der Waals surface area (Å²) in [6.07, 6.45) is 1.01. The fourth-order valence-corrected chi connectivity index (χ4v) is 1.95. The van der Waals surface area contributed by atoms with Crippen LogP contribution in [0.5, 0.6) is 5.75 Å². The van der Waals surface area contributed by atoms with Gasteiger partial charge in [-0.2, -0.15) is 0 Å². The van der Waals surface area contributed by atoms with Crippen molar-refractivity contribution < 1.29 is 9.13 Å². The standard InChI is InChI=1S/C17H20FNO/c1-3-13-4-6-14(7-5-13)11-20-17-9-8-15(12(2)19)10-16(17)18/h4-10,12H,3,11,19H2,1-2H3/t12-/m1/s1. The monoisotopic (exact) mass is 273 g/mol. The van der Waals surface area contributed by atoms with Gasteiger partial charge in [0.2, 0.25) is 0 Å². The van der Waals surface area contributed by atoms with Crippen molar-refractivity contribution in [3.8, 4) is 5.75 Å². The van der Waals surface area contributed by atoms with Gasteiger partial charge >= 0.3 is 0 Å². The Balaban J connectivity index is 2.03. The molecule has 0 aliphatic rings. The van der Waals surface area contributed by atoms with Crippen molar-refractivity contribution in [3.63, 3.8) is 0 Å². The Labute approximate surface area is 119 Å². The van der Waals surface area contributed by atoms with Crippen molar-refractivity contribution in [2.45, 2.75) is 32.9 Å². The molecule has 3 heteroatoms. The van der Waals surface area contributed by atoms with E-state index in [9.17, 15) is 4.39 Å². The average Bonchev–Trinajstić information content (AvgIpc) is 2.46. The van der Waals surface area contributed by atoms with Crippen LogP contribution in [0.25, 0.3) is 0 Å². The van der Waals surface area contributed by atoms with Crippen molar-refractivity contribution in [1.29, 1.82) is 0 Å². The largest absolute Gasteiger partial charge is 0.486 e. The van der Waals surface area contributed by atoms with Gasteiger partial charge in [0.1, 0.15) is 6.61 Å². The molecule has 0 fully saturated rings.